The number of aliphatic hydroxyl groups is 2. The van der Waals surface area contributed by atoms with Gasteiger partial charge in [-0.15, -0.1) is 0 Å². The highest BCUT2D eigenvalue weighted by molar-refractivity contribution is 8.15. The van der Waals surface area contributed by atoms with Crippen LogP contribution in [0.1, 0.15) is 46.3 Å². The molecule has 0 aliphatic carbocycles. The Balaban J connectivity index is 1.45. The monoisotopic (exact) mass is 940 g/mol. The Hall–Kier alpha value is -2.46. The van der Waals surface area contributed by atoms with E-state index in [0.717, 1.165) is 40.7 Å². The predicted octanol–water partition coefficient (Wildman–Crippen LogP) is -0.948. The zero-order valence-electron chi connectivity index (χ0n) is 31.7. The van der Waals surface area contributed by atoms with E-state index in [4.69, 9.17) is 25.3 Å². The largest absolute Gasteiger partial charge is 0.481 e. The molecule has 0 radical (unpaired) electrons. The van der Waals surface area contributed by atoms with E-state index in [1.807, 2.05) is 6.92 Å². The average molecular weight is 941 g/mol. The van der Waals surface area contributed by atoms with Crippen molar-refractivity contribution >= 4 is 86.0 Å². The summed E-state index contributed by atoms with van der Waals surface area (Å²) in [7, 11) is -16.4. The number of hydrogen-bond donors (Lipinski definition) is 10. The molecule has 0 spiro atoms. The first-order valence-electron chi connectivity index (χ1n) is 17.3. The van der Waals surface area contributed by atoms with E-state index in [1.54, 1.807) is 0 Å². The number of phosphoric ester groups is 3. The smallest absolute Gasteiger partial charge is 0.386 e. The molecule has 3 rings (SSSR count). The van der Waals surface area contributed by atoms with Gasteiger partial charge in [0.25, 0.3) is 0 Å². The van der Waals surface area contributed by atoms with Crippen molar-refractivity contribution in [3.8, 4) is 0 Å². The summed E-state index contributed by atoms with van der Waals surface area (Å²) in [5, 5.41) is 25.9. The van der Waals surface area contributed by atoms with Gasteiger partial charge in [0, 0.05) is 42.9 Å². The van der Waals surface area contributed by atoms with Crippen molar-refractivity contribution in [1.29, 1.82) is 0 Å². The molecular weight excluding hydrogens is 893 g/mol. The number of ether oxygens (including phenoxy) is 1. The number of anilines is 1. The number of nitrogens with one attached hydrogen (secondary N) is 2. The lowest BCUT2D eigenvalue weighted by molar-refractivity contribution is -0.137. The number of hydrogen-bond acceptors (Lipinski definition) is 21. The van der Waals surface area contributed by atoms with Crippen molar-refractivity contribution < 1.29 is 85.3 Å². The molecule has 59 heavy (non-hydrogen) atoms. The highest BCUT2D eigenvalue weighted by atomic mass is 32.2. The van der Waals surface area contributed by atoms with Crippen molar-refractivity contribution in [2.75, 3.05) is 43.5 Å². The van der Waals surface area contributed by atoms with Gasteiger partial charge in [0.05, 0.1) is 25.6 Å². The number of amides is 2. The van der Waals surface area contributed by atoms with Gasteiger partial charge in [0.15, 0.2) is 22.8 Å². The molecule has 1 aliphatic heterocycles. The van der Waals surface area contributed by atoms with Gasteiger partial charge in [-0.3, -0.25) is 37.3 Å². The van der Waals surface area contributed by atoms with Crippen LogP contribution >= 0.6 is 47.0 Å². The van der Waals surface area contributed by atoms with E-state index in [9.17, 15) is 62.7 Å². The second-order valence-corrected chi connectivity index (χ2v) is 19.7. The predicted molar refractivity (Wildman–Crippen MR) is 207 cm³/mol. The molecule has 3 heterocycles. The van der Waals surface area contributed by atoms with Crippen LogP contribution in [-0.2, 0) is 55.5 Å². The van der Waals surface area contributed by atoms with Gasteiger partial charge in [-0.1, -0.05) is 44.3 Å². The maximum atomic E-state index is 12.7. The number of imidazole rings is 1. The summed E-state index contributed by atoms with van der Waals surface area (Å²) in [5.74, 6) is -1.21. The second-order valence-electron chi connectivity index (χ2n) is 13.3. The molecule has 26 nitrogen and oxygen atoms in total. The summed E-state index contributed by atoms with van der Waals surface area (Å²) in [4.78, 5) is 99.4. The number of phosphoric acid groups is 3. The molecule has 0 aromatic carbocycles. The molecule has 2 amide bonds. The summed E-state index contributed by atoms with van der Waals surface area (Å²) in [6, 6.07) is -0.849. The maximum Gasteiger partial charge on any atom is 0.481 e. The summed E-state index contributed by atoms with van der Waals surface area (Å²) in [5.41, 5.74) is 10.0. The zero-order chi connectivity index (χ0) is 44.3. The summed E-state index contributed by atoms with van der Waals surface area (Å²) < 4.78 is 62.1. The maximum absolute atomic E-state index is 12.7. The second kappa shape index (κ2) is 22.1. The first-order valence-corrected chi connectivity index (χ1v) is 23.8. The number of aliphatic hydroxyl groups excluding tert-OH is 2. The van der Waals surface area contributed by atoms with Gasteiger partial charge < -0.3 is 56.6 Å². The van der Waals surface area contributed by atoms with E-state index in [-0.39, 0.29) is 58.2 Å². The van der Waals surface area contributed by atoms with E-state index < -0.39 is 90.6 Å². The molecule has 1 fully saturated rings. The molecule has 0 bridgehead atoms. The summed E-state index contributed by atoms with van der Waals surface area (Å²) >= 11 is 1.89. The Morgan fingerprint density at radius 3 is 2.36 bits per heavy atom. The van der Waals surface area contributed by atoms with Crippen LogP contribution in [0.15, 0.2) is 12.7 Å². The molecule has 31 heteroatoms. The fourth-order valence-corrected chi connectivity index (χ4v) is 9.42. The molecule has 2 aromatic rings. The third kappa shape index (κ3) is 16.1. The van der Waals surface area contributed by atoms with Crippen LogP contribution in [-0.4, -0.2) is 140 Å². The van der Waals surface area contributed by atoms with Crippen LogP contribution in [0.3, 0.4) is 0 Å². The standard InChI is InChI=1S/C28H47N8O18P3S2/c1-4-5-18(38)59-11-15(29)27(42)58-9-8-31-17(37)6-7-32-25(41)22(40)28(2,3)12-51-57(48,49)54-56(46,47)50-10-16-21(53-55(43,44)45)20(39)26(52-16)36-14-35-19-23(30)33-13-34-24(19)36/h13-16,20-22,26,39-40H,4-12,29H2,1-3H3,(H,31,37)(H,32,41)(H,46,47)(H,48,49)(H2,30,33,34)(H2,43,44,45). The molecule has 2 aromatic heterocycles. The minimum absolute atomic E-state index is 0.0223. The SMILES string of the molecule is CCCC(=O)SCC(N)C(=O)SCCNC(=O)CCNC(=O)C(O)C(C)(C)COP(=O)(O)OP(=O)(O)OCC1OC(n2cnc3c(N)ncnc32)C(O)C1OP(=O)(O)O. The minimum atomic E-state index is -5.59. The first kappa shape index (κ1) is 50.9. The minimum Gasteiger partial charge on any atom is -0.386 e. The molecule has 334 valence electrons. The van der Waals surface area contributed by atoms with Gasteiger partial charge >= 0.3 is 23.5 Å². The molecule has 8 atom stereocenters. The number of rotatable bonds is 24. The number of carbonyl (C=O) groups is 4. The van der Waals surface area contributed by atoms with Crippen molar-refractivity contribution in [2.45, 2.75) is 76.7 Å². The number of fused-ring (bicyclic) bond motifs is 1. The Labute approximate surface area is 344 Å². The van der Waals surface area contributed by atoms with E-state index in [1.165, 1.54) is 13.8 Å². The number of nitrogens with zero attached hydrogens (tertiary/aromatic N) is 4. The highest BCUT2D eigenvalue weighted by Crippen LogP contribution is 2.61. The molecule has 1 saturated heterocycles. The lowest BCUT2D eigenvalue weighted by Gasteiger charge is -2.30. The number of thioether (sulfide) groups is 2. The van der Waals surface area contributed by atoms with Crippen molar-refractivity contribution in [2.24, 2.45) is 11.1 Å². The Kier molecular flexibility index (Phi) is 19.0. The summed E-state index contributed by atoms with van der Waals surface area (Å²) in [6.07, 6.45) is -5.98. The van der Waals surface area contributed by atoms with Gasteiger partial charge in [-0.25, -0.2) is 28.6 Å². The van der Waals surface area contributed by atoms with Crippen molar-refractivity contribution in [1.82, 2.24) is 30.2 Å². The Bertz CT molecular complexity index is 1940. The fourth-order valence-electron chi connectivity index (χ4n) is 4.92. The van der Waals surface area contributed by atoms with Crippen molar-refractivity contribution in [3.63, 3.8) is 0 Å². The molecule has 0 saturated carbocycles. The van der Waals surface area contributed by atoms with Gasteiger partial charge in [-0.2, -0.15) is 4.31 Å². The van der Waals surface area contributed by atoms with Crippen LogP contribution in [0.5, 0.6) is 0 Å². The quantitative estimate of drug-likeness (QED) is 0.0448. The average Bonchev–Trinajstić information content (AvgIpc) is 3.70. The van der Waals surface area contributed by atoms with Crippen LogP contribution < -0.4 is 22.1 Å². The van der Waals surface area contributed by atoms with Gasteiger partial charge in [-0.05, 0) is 6.42 Å². The van der Waals surface area contributed by atoms with Crippen LogP contribution in [0.4, 0.5) is 5.82 Å². The fraction of sp³-hybridized carbons (Fsp3) is 0.679. The topological polar surface area (TPSA) is 407 Å². The number of nitrogen functional groups attached to an aromatic ring is 1. The summed E-state index contributed by atoms with van der Waals surface area (Å²) in [6.45, 7) is 2.13. The highest BCUT2D eigenvalue weighted by Gasteiger charge is 2.50. The van der Waals surface area contributed by atoms with Crippen LogP contribution in [0.2, 0.25) is 0 Å². The Morgan fingerprint density at radius 1 is 1.02 bits per heavy atom. The normalized spacial score (nSPS) is 21.7. The van der Waals surface area contributed by atoms with E-state index >= 15 is 0 Å². The molecule has 8 unspecified atom stereocenters. The zero-order valence-corrected chi connectivity index (χ0v) is 36.0. The lowest BCUT2D eigenvalue weighted by Crippen LogP contribution is -2.46. The van der Waals surface area contributed by atoms with Crippen LogP contribution in [0, 0.1) is 5.41 Å². The molecule has 1 aliphatic rings. The molecular formula is C28H47N8O18P3S2. The first-order chi connectivity index (χ1) is 27.4. The van der Waals surface area contributed by atoms with Gasteiger partial charge in [0.2, 0.25) is 16.9 Å². The van der Waals surface area contributed by atoms with Gasteiger partial charge in [0.1, 0.15) is 36.3 Å². The van der Waals surface area contributed by atoms with Crippen molar-refractivity contribution in [3.05, 3.63) is 12.7 Å². The number of nitrogens with two attached hydrogens (primary N) is 2. The lowest BCUT2D eigenvalue weighted by atomic mass is 9.87. The number of carbonyl (C=O) groups excluding carboxylic acids is 4. The van der Waals surface area contributed by atoms with E-state index in [2.05, 4.69) is 34.4 Å². The third-order valence-electron chi connectivity index (χ3n) is 7.93. The number of aromatic nitrogens is 4. The van der Waals surface area contributed by atoms with Crippen LogP contribution in [0.25, 0.3) is 11.2 Å². The third-order valence-corrected chi connectivity index (χ3v) is 13.1. The Morgan fingerprint density at radius 2 is 1.69 bits per heavy atom. The molecule has 12 N–H and O–H groups in total. The van der Waals surface area contributed by atoms with E-state index in [0.29, 0.717) is 12.8 Å².